The highest BCUT2D eigenvalue weighted by molar-refractivity contribution is 7.99. The van der Waals surface area contributed by atoms with Gasteiger partial charge in [-0.25, -0.2) is 4.39 Å². The van der Waals surface area contributed by atoms with Gasteiger partial charge in [-0.3, -0.25) is 14.3 Å². The van der Waals surface area contributed by atoms with E-state index in [-0.39, 0.29) is 17.0 Å². The first-order valence-corrected chi connectivity index (χ1v) is 12.0. The molecule has 1 saturated heterocycles. The Morgan fingerprint density at radius 2 is 2.06 bits per heavy atom. The van der Waals surface area contributed by atoms with Crippen molar-refractivity contribution in [1.29, 1.82) is 0 Å². The average Bonchev–Trinajstić information content (AvgIpc) is 3.01. The maximum Gasteiger partial charge on any atom is 0.235 e. The SMILES string of the molecule is Cc1nn(C)c(NC(=O)CSCCCN2CCCCC2C)c1C(=O)c1ccccc1F. The summed E-state index contributed by atoms with van der Waals surface area (Å²) in [6, 6.07) is 6.49. The number of ketones is 1. The zero-order valence-corrected chi connectivity index (χ0v) is 19.3. The lowest BCUT2D eigenvalue weighted by Crippen LogP contribution is -2.38. The third-order valence-electron chi connectivity index (χ3n) is 5.73. The minimum Gasteiger partial charge on any atom is -0.310 e. The number of nitrogens with zero attached hydrogens (tertiary/aromatic N) is 3. The number of aromatic nitrogens is 2. The topological polar surface area (TPSA) is 67.2 Å². The molecule has 8 heteroatoms. The van der Waals surface area contributed by atoms with Gasteiger partial charge >= 0.3 is 0 Å². The van der Waals surface area contributed by atoms with Gasteiger partial charge in [0.15, 0.2) is 0 Å². The summed E-state index contributed by atoms with van der Waals surface area (Å²) in [4.78, 5) is 28.0. The number of carbonyl (C=O) groups excluding carboxylic acids is 2. The summed E-state index contributed by atoms with van der Waals surface area (Å²) in [5.41, 5.74) is 0.648. The monoisotopic (exact) mass is 446 g/mol. The van der Waals surface area contributed by atoms with Crippen LogP contribution in [0, 0.1) is 12.7 Å². The molecule has 1 unspecified atom stereocenters. The molecule has 0 spiro atoms. The van der Waals surface area contributed by atoms with Gasteiger partial charge in [-0.05, 0) is 64.1 Å². The van der Waals surface area contributed by atoms with Crippen molar-refractivity contribution in [2.75, 3.05) is 29.9 Å². The number of halogens is 1. The molecule has 1 aromatic carbocycles. The number of benzene rings is 1. The Bertz CT molecular complexity index is 930. The normalized spacial score (nSPS) is 17.0. The lowest BCUT2D eigenvalue weighted by atomic mass is 10.0. The molecule has 1 amide bonds. The highest BCUT2D eigenvalue weighted by atomic mass is 32.2. The molecule has 2 heterocycles. The molecule has 1 fully saturated rings. The van der Waals surface area contributed by atoms with Gasteiger partial charge in [0.1, 0.15) is 11.6 Å². The largest absolute Gasteiger partial charge is 0.310 e. The Labute approximate surface area is 187 Å². The van der Waals surface area contributed by atoms with Crippen molar-refractivity contribution in [3.63, 3.8) is 0 Å². The average molecular weight is 447 g/mol. The van der Waals surface area contributed by atoms with Crippen molar-refractivity contribution in [3.05, 3.63) is 46.9 Å². The zero-order valence-electron chi connectivity index (χ0n) is 18.5. The molecule has 2 aromatic rings. The summed E-state index contributed by atoms with van der Waals surface area (Å²) in [7, 11) is 1.66. The number of carbonyl (C=O) groups is 2. The molecule has 0 aliphatic carbocycles. The minimum absolute atomic E-state index is 0.0320. The quantitative estimate of drug-likeness (QED) is 0.465. The molecule has 1 aromatic heterocycles. The fourth-order valence-corrected chi connectivity index (χ4v) is 4.78. The molecule has 31 heavy (non-hydrogen) atoms. The van der Waals surface area contributed by atoms with E-state index < -0.39 is 11.6 Å². The molecule has 6 nitrogen and oxygen atoms in total. The van der Waals surface area contributed by atoms with Crippen LogP contribution in [-0.4, -0.2) is 57.0 Å². The van der Waals surface area contributed by atoms with Crippen molar-refractivity contribution in [3.8, 4) is 0 Å². The zero-order chi connectivity index (χ0) is 22.4. The van der Waals surface area contributed by atoms with Crippen LogP contribution in [0.2, 0.25) is 0 Å². The Balaban J connectivity index is 1.54. The molecule has 3 rings (SSSR count). The second-order valence-corrected chi connectivity index (χ2v) is 9.18. The molecule has 0 bridgehead atoms. The highest BCUT2D eigenvalue weighted by Gasteiger charge is 2.25. The number of anilines is 1. The molecule has 168 valence electrons. The lowest BCUT2D eigenvalue weighted by Gasteiger charge is -2.33. The van der Waals surface area contributed by atoms with Crippen LogP contribution in [0.25, 0.3) is 0 Å². The molecule has 1 aliphatic rings. The number of rotatable bonds is 9. The number of hydrogen-bond acceptors (Lipinski definition) is 5. The number of likely N-dealkylation sites (tertiary alicyclic amines) is 1. The van der Waals surface area contributed by atoms with Gasteiger partial charge < -0.3 is 10.2 Å². The van der Waals surface area contributed by atoms with E-state index >= 15 is 0 Å². The van der Waals surface area contributed by atoms with Crippen LogP contribution in [0.5, 0.6) is 0 Å². The number of piperidine rings is 1. The lowest BCUT2D eigenvalue weighted by molar-refractivity contribution is -0.113. The molecule has 1 N–H and O–H groups in total. The summed E-state index contributed by atoms with van der Waals surface area (Å²) in [5.74, 6) is 0.240. The van der Waals surface area contributed by atoms with Gasteiger partial charge in [-0.2, -0.15) is 16.9 Å². The van der Waals surface area contributed by atoms with Crippen LogP contribution in [0.3, 0.4) is 0 Å². The molecule has 1 atom stereocenters. The van der Waals surface area contributed by atoms with Gasteiger partial charge in [0.05, 0.1) is 22.6 Å². The standard InChI is InChI=1S/C23H31FN4O2S/c1-16-9-6-7-12-28(16)13-8-14-31-15-20(29)25-23-21(17(2)26-27(23)3)22(30)18-10-4-5-11-19(18)24/h4-5,10-11,16H,6-9,12-15H2,1-3H3,(H,25,29). The first-order chi connectivity index (χ1) is 14.9. The van der Waals surface area contributed by atoms with Crippen molar-refractivity contribution < 1.29 is 14.0 Å². The van der Waals surface area contributed by atoms with Crippen LogP contribution in [0.1, 0.15) is 54.2 Å². The van der Waals surface area contributed by atoms with Crippen molar-refractivity contribution in [1.82, 2.24) is 14.7 Å². The van der Waals surface area contributed by atoms with E-state index in [1.807, 2.05) is 0 Å². The number of aryl methyl sites for hydroxylation is 2. The molecule has 0 radical (unpaired) electrons. The maximum atomic E-state index is 14.1. The Hall–Kier alpha value is -2.19. The third kappa shape index (κ3) is 5.95. The Morgan fingerprint density at radius 1 is 1.29 bits per heavy atom. The smallest absolute Gasteiger partial charge is 0.235 e. The van der Waals surface area contributed by atoms with Gasteiger partial charge in [0.25, 0.3) is 0 Å². The van der Waals surface area contributed by atoms with E-state index in [1.165, 1.54) is 48.7 Å². The summed E-state index contributed by atoms with van der Waals surface area (Å²) in [6.07, 6.45) is 4.91. The minimum atomic E-state index is -0.591. The van der Waals surface area contributed by atoms with E-state index in [2.05, 4.69) is 22.2 Å². The second kappa shape index (κ2) is 10.9. The maximum absolute atomic E-state index is 14.1. The predicted octanol–water partition coefficient (Wildman–Crippen LogP) is 4.03. The van der Waals surface area contributed by atoms with Crippen LogP contribution in [-0.2, 0) is 11.8 Å². The second-order valence-electron chi connectivity index (χ2n) is 8.08. The van der Waals surface area contributed by atoms with Crippen molar-refractivity contribution in [2.24, 2.45) is 7.05 Å². The summed E-state index contributed by atoms with van der Waals surface area (Å²) < 4.78 is 15.6. The highest BCUT2D eigenvalue weighted by Crippen LogP contribution is 2.24. The fraction of sp³-hybridized carbons (Fsp3) is 0.522. The number of amides is 1. The van der Waals surface area contributed by atoms with Gasteiger partial charge in [-0.15, -0.1) is 0 Å². The van der Waals surface area contributed by atoms with Crippen LogP contribution < -0.4 is 5.32 Å². The molecule has 0 saturated carbocycles. The van der Waals surface area contributed by atoms with E-state index in [0.29, 0.717) is 23.3 Å². The molecular weight excluding hydrogens is 415 g/mol. The van der Waals surface area contributed by atoms with E-state index in [9.17, 15) is 14.0 Å². The summed E-state index contributed by atoms with van der Waals surface area (Å²) >= 11 is 1.58. The van der Waals surface area contributed by atoms with Crippen LogP contribution in [0.4, 0.5) is 10.2 Å². The Morgan fingerprint density at radius 3 is 2.81 bits per heavy atom. The van der Waals surface area contributed by atoms with E-state index in [1.54, 1.807) is 31.8 Å². The number of hydrogen-bond donors (Lipinski definition) is 1. The molecular formula is C23H31FN4O2S. The van der Waals surface area contributed by atoms with Crippen LogP contribution >= 0.6 is 11.8 Å². The van der Waals surface area contributed by atoms with Crippen LogP contribution in [0.15, 0.2) is 24.3 Å². The first-order valence-electron chi connectivity index (χ1n) is 10.8. The van der Waals surface area contributed by atoms with Crippen molar-refractivity contribution >= 4 is 29.3 Å². The van der Waals surface area contributed by atoms with Gasteiger partial charge in [-0.1, -0.05) is 18.6 Å². The third-order valence-corrected chi connectivity index (χ3v) is 6.78. The fourth-order valence-electron chi connectivity index (χ4n) is 4.05. The summed E-state index contributed by atoms with van der Waals surface area (Å²) in [6.45, 7) is 6.21. The number of nitrogens with one attached hydrogen (secondary N) is 1. The van der Waals surface area contributed by atoms with Gasteiger partial charge in [0.2, 0.25) is 11.7 Å². The van der Waals surface area contributed by atoms with E-state index in [4.69, 9.17) is 0 Å². The van der Waals surface area contributed by atoms with Gasteiger partial charge in [0, 0.05) is 13.1 Å². The molecule has 1 aliphatic heterocycles. The first kappa shape index (κ1) is 23.5. The van der Waals surface area contributed by atoms with E-state index in [0.717, 1.165) is 18.7 Å². The Kier molecular flexibility index (Phi) is 8.26. The van der Waals surface area contributed by atoms with Crippen molar-refractivity contribution in [2.45, 2.75) is 45.6 Å². The number of thioether (sulfide) groups is 1. The predicted molar refractivity (Wildman–Crippen MR) is 123 cm³/mol. The summed E-state index contributed by atoms with van der Waals surface area (Å²) in [5, 5.41) is 7.06.